The summed E-state index contributed by atoms with van der Waals surface area (Å²) in [4.78, 5) is 26.2. The molecule has 0 saturated carbocycles. The number of hydrogen-bond donors (Lipinski definition) is 1. The Hall–Kier alpha value is -3.01. The number of nitrogens with one attached hydrogen (secondary N) is 1. The number of terminal acetylenes is 1. The van der Waals surface area contributed by atoms with E-state index < -0.39 is 17.6 Å². The first-order valence-corrected chi connectivity index (χ1v) is 7.69. The van der Waals surface area contributed by atoms with E-state index in [1.165, 1.54) is 6.07 Å². The van der Waals surface area contributed by atoms with Crippen molar-refractivity contribution in [2.45, 2.75) is 32.1 Å². The second-order valence-electron chi connectivity index (χ2n) is 5.87. The van der Waals surface area contributed by atoms with Crippen molar-refractivity contribution in [3.8, 4) is 12.3 Å². The van der Waals surface area contributed by atoms with Gasteiger partial charge in [0.1, 0.15) is 11.0 Å². The molecule has 1 aromatic heterocycles. The summed E-state index contributed by atoms with van der Waals surface area (Å²) in [6.07, 6.45) is 8.14. The summed E-state index contributed by atoms with van der Waals surface area (Å²) in [5, 5.41) is 10.3. The number of benzene rings is 1. The number of anilines is 1. The molecule has 0 bridgehead atoms. The zero-order valence-corrected chi connectivity index (χ0v) is 12.7. The normalized spacial score (nSPS) is 17.6. The number of halogens is 1. The van der Waals surface area contributed by atoms with Crippen LogP contribution in [-0.4, -0.2) is 27.2 Å². The highest BCUT2D eigenvalue weighted by atomic mass is 19.1. The molecule has 2 heterocycles. The largest absolute Gasteiger partial charge is 0.269 e. The molecule has 0 fully saturated rings. The molecule has 2 amide bonds. The van der Waals surface area contributed by atoms with Gasteiger partial charge in [-0.25, -0.2) is 9.29 Å². The fourth-order valence-corrected chi connectivity index (χ4v) is 3.40. The maximum atomic E-state index is 15.0. The van der Waals surface area contributed by atoms with E-state index in [0.717, 1.165) is 17.7 Å². The van der Waals surface area contributed by atoms with Crippen molar-refractivity contribution < 1.29 is 14.0 Å². The molecule has 1 aliphatic heterocycles. The summed E-state index contributed by atoms with van der Waals surface area (Å²) < 4.78 is 15.0. The van der Waals surface area contributed by atoms with Gasteiger partial charge in [-0.05, 0) is 31.7 Å². The Morgan fingerprint density at radius 2 is 1.88 bits per heavy atom. The van der Waals surface area contributed by atoms with Crippen LogP contribution in [0.2, 0.25) is 0 Å². The van der Waals surface area contributed by atoms with E-state index in [-0.39, 0.29) is 17.7 Å². The molecule has 24 heavy (non-hydrogen) atoms. The van der Waals surface area contributed by atoms with E-state index in [4.69, 9.17) is 6.42 Å². The number of imide groups is 1. The van der Waals surface area contributed by atoms with E-state index in [9.17, 15) is 9.59 Å². The van der Waals surface area contributed by atoms with Gasteiger partial charge in [-0.3, -0.25) is 9.59 Å². The Kier molecular flexibility index (Phi) is 3.20. The Labute approximate surface area is 136 Å². The van der Waals surface area contributed by atoms with Crippen molar-refractivity contribution in [2.24, 2.45) is 0 Å². The molecule has 120 valence electrons. The number of aromatic nitrogens is 3. The standard InChI is InChI=1S/C17H13FN4O2/c1-2-5-11-14(18)13(8-12-15(11)20-21-19-12)22-16(23)9-6-3-4-7-10(9)17(22)24/h1,8H,3-7H2,(H,19,20,21). The fourth-order valence-electron chi connectivity index (χ4n) is 3.40. The summed E-state index contributed by atoms with van der Waals surface area (Å²) in [5.74, 6) is 0.795. The van der Waals surface area contributed by atoms with Crippen molar-refractivity contribution in [2.75, 3.05) is 4.90 Å². The second-order valence-corrected chi connectivity index (χ2v) is 5.87. The lowest BCUT2D eigenvalue weighted by Gasteiger charge is -2.17. The van der Waals surface area contributed by atoms with Gasteiger partial charge in [0.2, 0.25) is 0 Å². The van der Waals surface area contributed by atoms with Crippen LogP contribution in [0.3, 0.4) is 0 Å². The van der Waals surface area contributed by atoms with Gasteiger partial charge in [0.05, 0.1) is 5.69 Å². The summed E-state index contributed by atoms with van der Waals surface area (Å²) in [6.45, 7) is 0. The quantitative estimate of drug-likeness (QED) is 0.677. The molecule has 0 saturated heterocycles. The Morgan fingerprint density at radius 1 is 1.21 bits per heavy atom. The zero-order valence-electron chi connectivity index (χ0n) is 12.7. The van der Waals surface area contributed by atoms with Gasteiger partial charge in [-0.15, -0.1) is 12.3 Å². The van der Waals surface area contributed by atoms with Crippen LogP contribution in [0.1, 0.15) is 31.2 Å². The number of carbonyl (C=O) groups is 2. The number of carbonyl (C=O) groups excluding carboxylic acids is 2. The van der Waals surface area contributed by atoms with Crippen molar-refractivity contribution >= 4 is 28.5 Å². The monoisotopic (exact) mass is 324 g/mol. The van der Waals surface area contributed by atoms with Crippen molar-refractivity contribution in [1.29, 1.82) is 0 Å². The number of rotatable bonds is 2. The highest BCUT2D eigenvalue weighted by Crippen LogP contribution is 2.38. The Morgan fingerprint density at radius 3 is 2.50 bits per heavy atom. The third kappa shape index (κ3) is 1.89. The molecule has 6 nitrogen and oxygen atoms in total. The van der Waals surface area contributed by atoms with E-state index in [2.05, 4.69) is 21.3 Å². The third-order valence-corrected chi connectivity index (χ3v) is 4.53. The summed E-state index contributed by atoms with van der Waals surface area (Å²) in [6, 6.07) is 1.36. The molecule has 0 atom stereocenters. The predicted octanol–water partition coefficient (Wildman–Crippen LogP) is 2.02. The Bertz CT molecular complexity index is 939. The van der Waals surface area contributed by atoms with Crippen molar-refractivity contribution in [3.63, 3.8) is 0 Å². The minimum absolute atomic E-state index is 0.00787. The molecule has 4 rings (SSSR count). The lowest BCUT2D eigenvalue weighted by molar-refractivity contribution is -0.120. The average molecular weight is 324 g/mol. The number of nitrogens with zero attached hydrogens (tertiary/aromatic N) is 3. The molecule has 0 unspecified atom stereocenters. The first-order valence-electron chi connectivity index (χ1n) is 7.69. The number of amides is 2. The van der Waals surface area contributed by atoms with Crippen LogP contribution < -0.4 is 4.90 Å². The van der Waals surface area contributed by atoms with E-state index in [0.29, 0.717) is 35.0 Å². The van der Waals surface area contributed by atoms with Gasteiger partial charge in [-0.2, -0.15) is 15.4 Å². The third-order valence-electron chi connectivity index (χ3n) is 4.53. The molecule has 7 heteroatoms. The van der Waals surface area contributed by atoms with Gasteiger partial charge in [0, 0.05) is 23.1 Å². The molecule has 1 aromatic carbocycles. The molecule has 0 spiro atoms. The number of fused-ring (bicyclic) bond motifs is 1. The molecule has 0 radical (unpaired) electrons. The molecular formula is C17H13FN4O2. The number of H-pyrrole nitrogens is 1. The topological polar surface area (TPSA) is 79.0 Å². The molecule has 2 aliphatic rings. The van der Waals surface area contributed by atoms with Crippen molar-refractivity contribution in [3.05, 3.63) is 28.6 Å². The predicted molar refractivity (Wildman–Crippen MR) is 84.4 cm³/mol. The van der Waals surface area contributed by atoms with Crippen LogP contribution in [0.15, 0.2) is 17.2 Å². The lowest BCUT2D eigenvalue weighted by atomic mass is 9.93. The molecule has 1 N–H and O–H groups in total. The Balaban J connectivity index is 1.89. The summed E-state index contributed by atoms with van der Waals surface area (Å²) in [5.41, 5.74) is 1.73. The SMILES string of the molecule is C#CCc1c(F)c(N2C(=O)C3=C(CCCC3)C2=O)cc2n[nH]nc12. The molecular weight excluding hydrogens is 311 g/mol. The lowest BCUT2D eigenvalue weighted by Crippen LogP contribution is -2.32. The zero-order chi connectivity index (χ0) is 16.8. The van der Waals surface area contributed by atoms with Gasteiger partial charge in [0.25, 0.3) is 11.8 Å². The highest BCUT2D eigenvalue weighted by molar-refractivity contribution is 6.33. The van der Waals surface area contributed by atoms with Gasteiger partial charge in [0.15, 0.2) is 5.82 Å². The highest BCUT2D eigenvalue weighted by Gasteiger charge is 2.41. The number of aromatic amines is 1. The van der Waals surface area contributed by atoms with E-state index >= 15 is 4.39 Å². The summed E-state index contributed by atoms with van der Waals surface area (Å²) >= 11 is 0. The minimum Gasteiger partial charge on any atom is -0.269 e. The second kappa shape index (κ2) is 5.27. The summed E-state index contributed by atoms with van der Waals surface area (Å²) in [7, 11) is 0. The van der Waals surface area contributed by atoms with Gasteiger partial charge in [-0.1, -0.05) is 0 Å². The average Bonchev–Trinajstić information content (AvgIpc) is 3.15. The van der Waals surface area contributed by atoms with Crippen LogP contribution >= 0.6 is 0 Å². The van der Waals surface area contributed by atoms with Crippen molar-refractivity contribution in [1.82, 2.24) is 15.4 Å². The van der Waals surface area contributed by atoms with E-state index in [1.807, 2.05) is 0 Å². The van der Waals surface area contributed by atoms with E-state index in [1.54, 1.807) is 0 Å². The maximum absolute atomic E-state index is 15.0. The minimum atomic E-state index is -0.698. The maximum Gasteiger partial charge on any atom is 0.261 e. The molecule has 1 aliphatic carbocycles. The first-order chi connectivity index (χ1) is 11.6. The first kappa shape index (κ1) is 14.6. The molecule has 2 aromatic rings. The van der Waals surface area contributed by atoms with Gasteiger partial charge < -0.3 is 0 Å². The van der Waals surface area contributed by atoms with Gasteiger partial charge >= 0.3 is 0 Å². The fraction of sp³-hybridized carbons (Fsp3) is 0.294. The van der Waals surface area contributed by atoms with Crippen LogP contribution in [0.25, 0.3) is 11.0 Å². The van der Waals surface area contributed by atoms with Crippen LogP contribution in [0.5, 0.6) is 0 Å². The van der Waals surface area contributed by atoms with Crippen LogP contribution in [0.4, 0.5) is 10.1 Å². The van der Waals surface area contributed by atoms with Crippen LogP contribution in [-0.2, 0) is 16.0 Å². The number of hydrogen-bond acceptors (Lipinski definition) is 4. The smallest absolute Gasteiger partial charge is 0.261 e. The van der Waals surface area contributed by atoms with Crippen LogP contribution in [0, 0.1) is 18.2 Å².